The number of carbonyl (C=O) groups is 2. The van der Waals surface area contributed by atoms with Crippen molar-refractivity contribution in [2.75, 3.05) is 6.54 Å². The van der Waals surface area contributed by atoms with Gasteiger partial charge < -0.3 is 10.0 Å². The Morgan fingerprint density at radius 1 is 1.35 bits per heavy atom. The fourth-order valence-corrected chi connectivity index (χ4v) is 2.49. The number of aromatic nitrogens is 1. The van der Waals surface area contributed by atoms with E-state index < -0.39 is 17.7 Å². The summed E-state index contributed by atoms with van der Waals surface area (Å²) in [5.41, 5.74) is 1.000. The van der Waals surface area contributed by atoms with Crippen molar-refractivity contribution in [2.45, 2.75) is 32.7 Å². The molecule has 106 valence electrons. The van der Waals surface area contributed by atoms with E-state index in [-0.39, 0.29) is 17.8 Å². The van der Waals surface area contributed by atoms with E-state index in [9.17, 15) is 14.7 Å². The van der Waals surface area contributed by atoms with Gasteiger partial charge in [0.2, 0.25) is 0 Å². The predicted octanol–water partition coefficient (Wildman–Crippen LogP) is 2.17. The van der Waals surface area contributed by atoms with E-state index in [0.717, 1.165) is 12.0 Å². The van der Waals surface area contributed by atoms with Crippen LogP contribution in [0.15, 0.2) is 35.9 Å². The molecule has 1 aliphatic heterocycles. The molecule has 0 bridgehead atoms. The van der Waals surface area contributed by atoms with Crippen molar-refractivity contribution in [3.8, 4) is 0 Å². The standard InChI is InChI=1S/C15H18N2O3/c1-3-9-17-13(10-5-7-16-8-6-10)12(11(18)4-2)14(19)15(17)20/h5-8,13,19H,3-4,9H2,1-2H3. The Hall–Kier alpha value is -2.17. The molecule has 0 spiro atoms. The SMILES string of the molecule is CCCN1C(=O)C(O)=C(C(=O)CC)C1c1ccncc1. The van der Waals surface area contributed by atoms with E-state index in [4.69, 9.17) is 0 Å². The number of amides is 1. The molecule has 1 N–H and O–H groups in total. The number of hydrogen-bond acceptors (Lipinski definition) is 4. The summed E-state index contributed by atoms with van der Waals surface area (Å²) >= 11 is 0. The minimum atomic E-state index is -0.502. The molecule has 20 heavy (non-hydrogen) atoms. The molecule has 2 heterocycles. The first-order chi connectivity index (χ1) is 9.61. The summed E-state index contributed by atoms with van der Waals surface area (Å²) in [5, 5.41) is 10.0. The van der Waals surface area contributed by atoms with E-state index in [2.05, 4.69) is 4.98 Å². The van der Waals surface area contributed by atoms with Gasteiger partial charge in [-0.25, -0.2) is 0 Å². The van der Waals surface area contributed by atoms with Crippen LogP contribution in [0.2, 0.25) is 0 Å². The first kappa shape index (κ1) is 14.2. The Morgan fingerprint density at radius 3 is 2.55 bits per heavy atom. The molecule has 1 unspecified atom stereocenters. The third-order valence-electron chi connectivity index (χ3n) is 3.41. The number of ketones is 1. The van der Waals surface area contributed by atoms with Crippen molar-refractivity contribution < 1.29 is 14.7 Å². The molecular formula is C15H18N2O3. The van der Waals surface area contributed by atoms with Gasteiger partial charge in [-0.15, -0.1) is 0 Å². The first-order valence-electron chi connectivity index (χ1n) is 6.79. The lowest BCUT2D eigenvalue weighted by Crippen LogP contribution is -2.31. The highest BCUT2D eigenvalue weighted by molar-refractivity contribution is 6.08. The van der Waals surface area contributed by atoms with Crippen LogP contribution in [0.3, 0.4) is 0 Å². The summed E-state index contributed by atoms with van der Waals surface area (Å²) in [5.74, 6) is -1.08. The summed E-state index contributed by atoms with van der Waals surface area (Å²) < 4.78 is 0. The van der Waals surface area contributed by atoms with Gasteiger partial charge >= 0.3 is 0 Å². The molecule has 0 radical (unpaired) electrons. The topological polar surface area (TPSA) is 70.5 Å². The van der Waals surface area contributed by atoms with Crippen molar-refractivity contribution in [1.82, 2.24) is 9.88 Å². The lowest BCUT2D eigenvalue weighted by molar-refractivity contribution is -0.129. The first-order valence-corrected chi connectivity index (χ1v) is 6.79. The van der Waals surface area contributed by atoms with Gasteiger partial charge in [0, 0.05) is 25.4 Å². The van der Waals surface area contributed by atoms with Crippen molar-refractivity contribution in [3.05, 3.63) is 41.4 Å². The molecule has 1 aliphatic rings. The summed E-state index contributed by atoms with van der Waals surface area (Å²) in [7, 11) is 0. The molecule has 2 rings (SSSR count). The van der Waals surface area contributed by atoms with Crippen LogP contribution in [0.4, 0.5) is 0 Å². The van der Waals surface area contributed by atoms with Crippen LogP contribution in [0.5, 0.6) is 0 Å². The lowest BCUT2D eigenvalue weighted by atomic mass is 9.96. The summed E-state index contributed by atoms with van der Waals surface area (Å²) in [6.07, 6.45) is 4.25. The maximum atomic E-state index is 12.2. The van der Waals surface area contributed by atoms with Crippen LogP contribution >= 0.6 is 0 Å². The maximum absolute atomic E-state index is 12.2. The largest absolute Gasteiger partial charge is 0.503 e. The zero-order chi connectivity index (χ0) is 14.7. The minimum Gasteiger partial charge on any atom is -0.503 e. The molecule has 1 atom stereocenters. The second-order valence-corrected chi connectivity index (χ2v) is 4.72. The molecule has 0 saturated carbocycles. The Bertz CT molecular complexity index is 551. The highest BCUT2D eigenvalue weighted by Gasteiger charge is 2.42. The molecule has 0 aliphatic carbocycles. The highest BCUT2D eigenvalue weighted by atomic mass is 16.3. The van der Waals surface area contributed by atoms with Crippen molar-refractivity contribution in [1.29, 1.82) is 0 Å². The molecule has 0 saturated heterocycles. The summed E-state index contributed by atoms with van der Waals surface area (Å²) in [6, 6.07) is 3.03. The third kappa shape index (κ3) is 2.31. The van der Waals surface area contributed by atoms with Gasteiger partial charge in [0.25, 0.3) is 5.91 Å². The van der Waals surface area contributed by atoms with Gasteiger partial charge in [0.1, 0.15) is 0 Å². The van der Waals surface area contributed by atoms with Crippen LogP contribution < -0.4 is 0 Å². The zero-order valence-electron chi connectivity index (χ0n) is 11.7. The minimum absolute atomic E-state index is 0.198. The van der Waals surface area contributed by atoms with Gasteiger partial charge in [-0.2, -0.15) is 0 Å². The second-order valence-electron chi connectivity index (χ2n) is 4.72. The van der Waals surface area contributed by atoms with Crippen LogP contribution in [0, 0.1) is 0 Å². The van der Waals surface area contributed by atoms with Gasteiger partial charge in [0.05, 0.1) is 11.6 Å². The third-order valence-corrected chi connectivity index (χ3v) is 3.41. The molecule has 0 aromatic carbocycles. The van der Waals surface area contributed by atoms with Crippen molar-refractivity contribution in [3.63, 3.8) is 0 Å². The zero-order valence-corrected chi connectivity index (χ0v) is 11.7. The van der Waals surface area contributed by atoms with Crippen LogP contribution in [0.1, 0.15) is 38.3 Å². The van der Waals surface area contributed by atoms with Crippen LogP contribution in [-0.4, -0.2) is 33.2 Å². The number of Topliss-reactive ketones (excluding diaryl/α,β-unsaturated/α-hetero) is 1. The highest BCUT2D eigenvalue weighted by Crippen LogP contribution is 2.37. The van der Waals surface area contributed by atoms with E-state index in [1.54, 1.807) is 36.4 Å². The number of aliphatic hydroxyl groups is 1. The molecule has 1 aromatic heterocycles. The Kier molecular flexibility index (Phi) is 4.17. The fraction of sp³-hybridized carbons (Fsp3) is 0.400. The predicted molar refractivity (Wildman–Crippen MR) is 73.9 cm³/mol. The van der Waals surface area contributed by atoms with Gasteiger partial charge in [0.15, 0.2) is 11.5 Å². The van der Waals surface area contributed by atoms with E-state index in [1.165, 1.54) is 0 Å². The van der Waals surface area contributed by atoms with Gasteiger partial charge in [-0.3, -0.25) is 14.6 Å². The molecule has 5 heteroatoms. The summed E-state index contributed by atoms with van der Waals surface area (Å²) in [4.78, 5) is 29.7. The second kappa shape index (κ2) is 5.86. The Morgan fingerprint density at radius 2 is 2.00 bits per heavy atom. The van der Waals surface area contributed by atoms with Crippen LogP contribution in [0.25, 0.3) is 0 Å². The number of nitrogens with zero attached hydrogens (tertiary/aromatic N) is 2. The molecule has 0 fully saturated rings. The molecule has 1 amide bonds. The summed E-state index contributed by atoms with van der Waals surface area (Å²) in [6.45, 7) is 4.17. The van der Waals surface area contributed by atoms with E-state index in [1.807, 2.05) is 6.92 Å². The normalized spacial score (nSPS) is 18.8. The Balaban J connectivity index is 2.51. The average Bonchev–Trinajstić information content (AvgIpc) is 2.73. The number of aliphatic hydroxyl groups excluding tert-OH is 1. The lowest BCUT2D eigenvalue weighted by Gasteiger charge is -2.26. The van der Waals surface area contributed by atoms with Gasteiger partial charge in [-0.05, 0) is 24.1 Å². The molecule has 1 aromatic rings. The fourth-order valence-electron chi connectivity index (χ4n) is 2.49. The quantitative estimate of drug-likeness (QED) is 0.893. The number of carbonyl (C=O) groups excluding carboxylic acids is 2. The molecular weight excluding hydrogens is 256 g/mol. The van der Waals surface area contributed by atoms with Gasteiger partial charge in [-0.1, -0.05) is 13.8 Å². The molecule has 5 nitrogen and oxygen atoms in total. The van der Waals surface area contributed by atoms with Crippen LogP contribution in [-0.2, 0) is 9.59 Å². The van der Waals surface area contributed by atoms with Crippen molar-refractivity contribution in [2.24, 2.45) is 0 Å². The smallest absolute Gasteiger partial charge is 0.290 e. The average molecular weight is 274 g/mol. The maximum Gasteiger partial charge on any atom is 0.290 e. The number of pyridine rings is 1. The number of hydrogen-bond donors (Lipinski definition) is 1. The van der Waals surface area contributed by atoms with E-state index >= 15 is 0 Å². The Labute approximate surface area is 117 Å². The van der Waals surface area contributed by atoms with E-state index in [0.29, 0.717) is 6.54 Å². The number of rotatable bonds is 5. The monoisotopic (exact) mass is 274 g/mol. The van der Waals surface area contributed by atoms with Crippen molar-refractivity contribution >= 4 is 11.7 Å².